The van der Waals surface area contributed by atoms with E-state index in [9.17, 15) is 5.11 Å². The normalized spacial score (nSPS) is 41.3. The maximum atomic E-state index is 10.8. The molecule has 2 aliphatic heterocycles. The monoisotopic (exact) mass is 350 g/mol. The van der Waals surface area contributed by atoms with Crippen molar-refractivity contribution in [3.63, 3.8) is 0 Å². The molecule has 3 fully saturated rings. The van der Waals surface area contributed by atoms with E-state index in [0.717, 1.165) is 5.56 Å². The van der Waals surface area contributed by atoms with Gasteiger partial charge in [0.15, 0.2) is 11.6 Å². The van der Waals surface area contributed by atoms with Crippen LogP contribution in [-0.2, 0) is 30.3 Å². The second-order valence-corrected chi connectivity index (χ2v) is 7.88. The molecule has 0 spiro atoms. The first-order valence-electron chi connectivity index (χ1n) is 8.81. The second kappa shape index (κ2) is 6.01. The number of benzene rings is 1. The summed E-state index contributed by atoms with van der Waals surface area (Å²) in [6, 6.07) is 9.95. The lowest BCUT2D eigenvalue weighted by Gasteiger charge is -2.40. The van der Waals surface area contributed by atoms with Crippen molar-refractivity contribution in [2.75, 3.05) is 0 Å². The molecule has 1 N–H and O–H groups in total. The predicted molar refractivity (Wildman–Crippen MR) is 88.7 cm³/mol. The van der Waals surface area contributed by atoms with E-state index in [4.69, 9.17) is 23.7 Å². The summed E-state index contributed by atoms with van der Waals surface area (Å²) in [4.78, 5) is 0. The van der Waals surface area contributed by atoms with E-state index in [1.807, 2.05) is 58.0 Å². The van der Waals surface area contributed by atoms with Gasteiger partial charge in [0.2, 0.25) is 0 Å². The van der Waals surface area contributed by atoms with Gasteiger partial charge in [0, 0.05) is 0 Å². The van der Waals surface area contributed by atoms with Gasteiger partial charge in [-0.05, 0) is 33.3 Å². The quantitative estimate of drug-likeness (QED) is 0.899. The Morgan fingerprint density at radius 3 is 1.84 bits per heavy atom. The number of ether oxygens (including phenoxy) is 5. The Balaban J connectivity index is 1.59. The molecule has 3 aliphatic rings. The van der Waals surface area contributed by atoms with Gasteiger partial charge in [-0.2, -0.15) is 0 Å². The molecule has 6 nitrogen and oxygen atoms in total. The number of rotatable bonds is 3. The van der Waals surface area contributed by atoms with Gasteiger partial charge in [-0.15, -0.1) is 0 Å². The van der Waals surface area contributed by atoms with E-state index in [1.54, 1.807) is 0 Å². The van der Waals surface area contributed by atoms with Crippen LogP contribution in [0.5, 0.6) is 0 Å². The third-order valence-corrected chi connectivity index (χ3v) is 4.93. The van der Waals surface area contributed by atoms with Crippen LogP contribution in [-0.4, -0.2) is 53.3 Å². The highest BCUT2D eigenvalue weighted by Gasteiger charge is 2.63. The molecule has 1 saturated carbocycles. The zero-order valence-corrected chi connectivity index (χ0v) is 15.0. The molecule has 4 rings (SSSR count). The molecule has 0 aromatic heterocycles. The third kappa shape index (κ3) is 3.23. The highest BCUT2D eigenvalue weighted by molar-refractivity contribution is 5.14. The van der Waals surface area contributed by atoms with Crippen LogP contribution in [0.25, 0.3) is 0 Å². The molecule has 6 heteroatoms. The molecule has 6 atom stereocenters. The molecular formula is C19H26O6. The van der Waals surface area contributed by atoms with E-state index in [0.29, 0.717) is 6.61 Å². The zero-order valence-electron chi connectivity index (χ0n) is 15.0. The van der Waals surface area contributed by atoms with Crippen LogP contribution in [0.1, 0.15) is 33.3 Å². The fourth-order valence-electron chi connectivity index (χ4n) is 4.00. The van der Waals surface area contributed by atoms with Crippen molar-refractivity contribution in [2.24, 2.45) is 0 Å². The van der Waals surface area contributed by atoms with Crippen molar-refractivity contribution in [1.82, 2.24) is 0 Å². The fourth-order valence-corrected chi connectivity index (χ4v) is 4.00. The van der Waals surface area contributed by atoms with E-state index in [-0.39, 0.29) is 6.10 Å². The number of fused-ring (bicyclic) bond motifs is 2. The standard InChI is InChI=1S/C19H26O6/c1-18(2)22-13-12(20)14-17(25-19(3,4)23-14)15(16(13)24-18)21-10-11-8-6-5-7-9-11/h5-9,12-17,20H,10H2,1-4H3/t12-,13-,14-,15-,16+,17-/m0/s1. The summed E-state index contributed by atoms with van der Waals surface area (Å²) in [6.07, 6.45) is -3.04. The Morgan fingerprint density at radius 2 is 1.32 bits per heavy atom. The Labute approximate surface area is 148 Å². The summed E-state index contributed by atoms with van der Waals surface area (Å²) in [6.45, 7) is 7.80. The third-order valence-electron chi connectivity index (χ3n) is 4.93. The summed E-state index contributed by atoms with van der Waals surface area (Å²) in [5, 5.41) is 10.8. The lowest BCUT2D eigenvalue weighted by atomic mass is 9.85. The van der Waals surface area contributed by atoms with Crippen molar-refractivity contribution in [1.29, 1.82) is 0 Å². The molecule has 0 amide bonds. The minimum absolute atomic E-state index is 0.387. The lowest BCUT2D eigenvalue weighted by molar-refractivity contribution is -0.190. The topological polar surface area (TPSA) is 66.4 Å². The molecule has 1 aliphatic carbocycles. The largest absolute Gasteiger partial charge is 0.387 e. The van der Waals surface area contributed by atoms with Crippen molar-refractivity contribution in [2.45, 2.75) is 82.5 Å². The van der Waals surface area contributed by atoms with E-state index < -0.39 is 42.1 Å². The molecule has 138 valence electrons. The Kier molecular flexibility index (Phi) is 4.18. The Hall–Kier alpha value is -1.02. The smallest absolute Gasteiger partial charge is 0.164 e. The van der Waals surface area contributed by atoms with Gasteiger partial charge in [0.05, 0.1) is 6.61 Å². The van der Waals surface area contributed by atoms with E-state index >= 15 is 0 Å². The summed E-state index contributed by atoms with van der Waals surface area (Å²) in [5.74, 6) is -1.56. The molecule has 0 unspecified atom stereocenters. The van der Waals surface area contributed by atoms with Crippen LogP contribution in [0.15, 0.2) is 30.3 Å². The molecule has 1 aromatic carbocycles. The summed E-state index contributed by atoms with van der Waals surface area (Å²) in [7, 11) is 0. The number of hydrogen-bond donors (Lipinski definition) is 1. The summed E-state index contributed by atoms with van der Waals surface area (Å²) >= 11 is 0. The minimum atomic E-state index is -0.824. The number of aliphatic hydroxyl groups is 1. The highest BCUT2D eigenvalue weighted by atomic mass is 16.8. The SMILES string of the molecule is CC1(C)O[C@@H]2[C@@H](OCc3ccccc3)[C@@H]3OC(C)(C)O[C@H]3[C@H](O)[C@@H]2O1. The van der Waals surface area contributed by atoms with Gasteiger partial charge < -0.3 is 28.8 Å². The average molecular weight is 350 g/mol. The Morgan fingerprint density at radius 1 is 0.840 bits per heavy atom. The highest BCUT2D eigenvalue weighted by Crippen LogP contribution is 2.45. The molecule has 0 radical (unpaired) electrons. The van der Waals surface area contributed by atoms with E-state index in [1.165, 1.54) is 0 Å². The van der Waals surface area contributed by atoms with Crippen LogP contribution in [0, 0.1) is 0 Å². The van der Waals surface area contributed by atoms with Crippen LogP contribution >= 0.6 is 0 Å². The first-order chi connectivity index (χ1) is 11.8. The molecule has 25 heavy (non-hydrogen) atoms. The predicted octanol–water partition coefficient (Wildman–Crippen LogP) is 1.99. The lowest BCUT2D eigenvalue weighted by Crippen LogP contribution is -2.62. The van der Waals surface area contributed by atoms with Crippen LogP contribution < -0.4 is 0 Å². The summed E-state index contributed by atoms with van der Waals surface area (Å²) in [5.41, 5.74) is 1.07. The molecular weight excluding hydrogens is 324 g/mol. The Bertz CT molecular complexity index is 584. The maximum Gasteiger partial charge on any atom is 0.164 e. The average Bonchev–Trinajstić information content (AvgIpc) is 3.04. The minimum Gasteiger partial charge on any atom is -0.387 e. The van der Waals surface area contributed by atoms with Gasteiger partial charge in [-0.25, -0.2) is 0 Å². The maximum absolute atomic E-state index is 10.8. The summed E-state index contributed by atoms with van der Waals surface area (Å²) < 4.78 is 30.2. The first-order valence-corrected chi connectivity index (χ1v) is 8.81. The fraction of sp³-hybridized carbons (Fsp3) is 0.684. The molecule has 1 aromatic rings. The van der Waals surface area contributed by atoms with Crippen LogP contribution in [0.3, 0.4) is 0 Å². The second-order valence-electron chi connectivity index (χ2n) is 7.88. The van der Waals surface area contributed by atoms with Gasteiger partial charge in [-0.3, -0.25) is 0 Å². The van der Waals surface area contributed by atoms with Gasteiger partial charge >= 0.3 is 0 Å². The first kappa shape index (κ1) is 17.4. The molecule has 2 heterocycles. The molecule has 0 bridgehead atoms. The van der Waals surface area contributed by atoms with Gasteiger partial charge in [-0.1, -0.05) is 30.3 Å². The van der Waals surface area contributed by atoms with Crippen LogP contribution in [0.2, 0.25) is 0 Å². The number of aliphatic hydroxyl groups excluding tert-OH is 1. The molecule has 2 saturated heterocycles. The number of hydrogen-bond acceptors (Lipinski definition) is 6. The van der Waals surface area contributed by atoms with E-state index in [2.05, 4.69) is 0 Å². The van der Waals surface area contributed by atoms with Crippen LogP contribution in [0.4, 0.5) is 0 Å². The van der Waals surface area contributed by atoms with Crippen molar-refractivity contribution in [3.8, 4) is 0 Å². The van der Waals surface area contributed by atoms with Gasteiger partial charge in [0.25, 0.3) is 0 Å². The van der Waals surface area contributed by atoms with Crippen molar-refractivity contribution < 1.29 is 28.8 Å². The van der Waals surface area contributed by atoms with Crippen molar-refractivity contribution in [3.05, 3.63) is 35.9 Å². The zero-order chi connectivity index (χ0) is 17.8. The van der Waals surface area contributed by atoms with Gasteiger partial charge in [0.1, 0.15) is 36.6 Å². The van der Waals surface area contributed by atoms with Crippen molar-refractivity contribution >= 4 is 0 Å².